The molecule has 0 fully saturated rings. The van der Waals surface area contributed by atoms with Gasteiger partial charge in [-0.2, -0.15) is 13.9 Å². The third kappa shape index (κ3) is 3.01. The standard InChI is InChI=1S/C19H17F2N5O3/c1-29-9-12-15(16(22)27)17-23-7-6-13(26(17)25-12)18(28)24-14-8-10-4-2-3-5-11(10)19(14,20)21/h2-7,14H,8-9H2,1H3,(H2,22,27)(H,24,28). The van der Waals surface area contributed by atoms with Crippen molar-refractivity contribution in [3.05, 3.63) is 64.6 Å². The minimum Gasteiger partial charge on any atom is -0.378 e. The topological polar surface area (TPSA) is 112 Å². The molecule has 0 radical (unpaired) electrons. The zero-order valence-electron chi connectivity index (χ0n) is 15.4. The fourth-order valence-corrected chi connectivity index (χ4v) is 3.58. The lowest BCUT2D eigenvalue weighted by Crippen LogP contribution is -2.44. The molecule has 2 amide bonds. The lowest BCUT2D eigenvalue weighted by Gasteiger charge is -2.21. The Bertz CT molecular complexity index is 1130. The van der Waals surface area contributed by atoms with Crippen molar-refractivity contribution < 1.29 is 23.1 Å². The predicted molar refractivity (Wildman–Crippen MR) is 97.5 cm³/mol. The van der Waals surface area contributed by atoms with Crippen LogP contribution in [0.4, 0.5) is 8.78 Å². The van der Waals surface area contributed by atoms with Gasteiger partial charge in [0.05, 0.1) is 6.61 Å². The monoisotopic (exact) mass is 401 g/mol. The van der Waals surface area contributed by atoms with E-state index >= 15 is 0 Å². The number of nitrogens with two attached hydrogens (primary N) is 1. The molecule has 1 aliphatic rings. The maximum atomic E-state index is 14.7. The molecule has 10 heteroatoms. The number of methoxy groups -OCH3 is 1. The van der Waals surface area contributed by atoms with Crippen LogP contribution in [0, 0.1) is 0 Å². The smallest absolute Gasteiger partial charge is 0.293 e. The summed E-state index contributed by atoms with van der Waals surface area (Å²) < 4.78 is 35.6. The first-order valence-corrected chi connectivity index (χ1v) is 8.77. The SMILES string of the molecule is COCc1nn2c(C(=O)NC3Cc4ccccc4C3(F)F)ccnc2c1C(N)=O. The first-order valence-electron chi connectivity index (χ1n) is 8.77. The Morgan fingerprint density at radius 3 is 2.79 bits per heavy atom. The van der Waals surface area contributed by atoms with E-state index in [2.05, 4.69) is 15.4 Å². The fraction of sp³-hybridized carbons (Fsp3) is 0.263. The van der Waals surface area contributed by atoms with Crippen LogP contribution in [0.1, 0.15) is 37.7 Å². The second kappa shape index (κ2) is 6.89. The number of fused-ring (bicyclic) bond motifs is 2. The van der Waals surface area contributed by atoms with Crippen LogP contribution >= 0.6 is 0 Å². The van der Waals surface area contributed by atoms with E-state index in [9.17, 15) is 18.4 Å². The van der Waals surface area contributed by atoms with Crippen LogP contribution in [-0.4, -0.2) is 39.6 Å². The number of aromatic nitrogens is 3. The lowest BCUT2D eigenvalue weighted by molar-refractivity contribution is -0.0296. The molecule has 29 heavy (non-hydrogen) atoms. The van der Waals surface area contributed by atoms with Gasteiger partial charge >= 0.3 is 0 Å². The molecule has 0 bridgehead atoms. The normalized spacial score (nSPS) is 17.3. The van der Waals surface area contributed by atoms with Gasteiger partial charge in [0, 0.05) is 18.9 Å². The number of nitrogens with one attached hydrogen (secondary N) is 1. The molecule has 4 rings (SSSR count). The van der Waals surface area contributed by atoms with Gasteiger partial charge in [-0.05, 0) is 18.1 Å². The van der Waals surface area contributed by atoms with Crippen molar-refractivity contribution in [1.29, 1.82) is 0 Å². The number of amides is 2. The molecule has 2 aromatic heterocycles. The fourth-order valence-electron chi connectivity index (χ4n) is 3.58. The van der Waals surface area contributed by atoms with Gasteiger partial charge in [-0.25, -0.2) is 9.50 Å². The highest BCUT2D eigenvalue weighted by molar-refractivity contribution is 6.01. The van der Waals surface area contributed by atoms with Gasteiger partial charge in [0.2, 0.25) is 0 Å². The highest BCUT2D eigenvalue weighted by Gasteiger charge is 2.49. The van der Waals surface area contributed by atoms with Gasteiger partial charge < -0.3 is 15.8 Å². The average molecular weight is 401 g/mol. The third-order valence-electron chi connectivity index (χ3n) is 4.89. The highest BCUT2D eigenvalue weighted by Crippen LogP contribution is 2.41. The number of benzene rings is 1. The zero-order chi connectivity index (χ0) is 20.8. The van der Waals surface area contributed by atoms with Gasteiger partial charge in [0.15, 0.2) is 5.65 Å². The van der Waals surface area contributed by atoms with Crippen LogP contribution in [0.15, 0.2) is 36.5 Å². The van der Waals surface area contributed by atoms with Gasteiger partial charge in [0.1, 0.15) is 23.0 Å². The second-order valence-corrected chi connectivity index (χ2v) is 6.69. The summed E-state index contributed by atoms with van der Waals surface area (Å²) in [5.41, 5.74) is 6.02. The lowest BCUT2D eigenvalue weighted by atomic mass is 10.1. The first-order chi connectivity index (χ1) is 13.8. The summed E-state index contributed by atoms with van der Waals surface area (Å²) in [5, 5.41) is 6.56. The predicted octanol–water partition coefficient (Wildman–Crippen LogP) is 1.42. The van der Waals surface area contributed by atoms with Crippen molar-refractivity contribution in [3.8, 4) is 0 Å². The molecular weight excluding hydrogens is 384 g/mol. The minimum absolute atomic E-state index is 0.00368. The number of carbonyl (C=O) groups is 2. The Balaban J connectivity index is 1.70. The van der Waals surface area contributed by atoms with Crippen molar-refractivity contribution >= 4 is 17.5 Å². The molecule has 2 heterocycles. The maximum Gasteiger partial charge on any atom is 0.293 e. The summed E-state index contributed by atoms with van der Waals surface area (Å²) in [5.74, 6) is -4.76. The van der Waals surface area contributed by atoms with Crippen LogP contribution in [0.2, 0.25) is 0 Å². The van der Waals surface area contributed by atoms with E-state index in [0.29, 0.717) is 5.56 Å². The Hall–Kier alpha value is -3.40. The zero-order valence-corrected chi connectivity index (χ0v) is 15.4. The molecule has 0 saturated carbocycles. The summed E-state index contributed by atoms with van der Waals surface area (Å²) in [6, 6.07) is 6.12. The molecular formula is C19H17F2N5O3. The van der Waals surface area contributed by atoms with Crippen LogP contribution in [-0.2, 0) is 23.7 Å². The van der Waals surface area contributed by atoms with Crippen molar-refractivity contribution in [1.82, 2.24) is 19.9 Å². The number of ether oxygens (including phenoxy) is 1. The summed E-state index contributed by atoms with van der Waals surface area (Å²) in [6.07, 6.45) is 1.29. The van der Waals surface area contributed by atoms with Crippen molar-refractivity contribution in [2.24, 2.45) is 5.73 Å². The summed E-state index contributed by atoms with van der Waals surface area (Å²) in [4.78, 5) is 28.7. The maximum absolute atomic E-state index is 14.7. The largest absolute Gasteiger partial charge is 0.378 e. The number of halogens is 2. The van der Waals surface area contributed by atoms with Crippen molar-refractivity contribution in [2.45, 2.75) is 25.0 Å². The van der Waals surface area contributed by atoms with Crippen LogP contribution < -0.4 is 11.1 Å². The van der Waals surface area contributed by atoms with E-state index in [1.807, 2.05) is 0 Å². The summed E-state index contributed by atoms with van der Waals surface area (Å²) >= 11 is 0. The number of hydrogen-bond donors (Lipinski definition) is 2. The van der Waals surface area contributed by atoms with Crippen molar-refractivity contribution in [2.75, 3.05) is 7.11 Å². The van der Waals surface area contributed by atoms with Crippen LogP contribution in [0.3, 0.4) is 0 Å². The van der Waals surface area contributed by atoms with E-state index in [1.165, 1.54) is 31.5 Å². The van der Waals surface area contributed by atoms with E-state index in [4.69, 9.17) is 10.5 Å². The quantitative estimate of drug-likeness (QED) is 0.672. The van der Waals surface area contributed by atoms with Gasteiger partial charge in [-0.15, -0.1) is 0 Å². The molecule has 1 unspecified atom stereocenters. The number of hydrogen-bond acceptors (Lipinski definition) is 5. The molecule has 0 aliphatic heterocycles. The minimum atomic E-state index is -3.21. The molecule has 0 spiro atoms. The number of carbonyl (C=O) groups excluding carboxylic acids is 2. The molecule has 1 atom stereocenters. The number of nitrogens with zero attached hydrogens (tertiary/aromatic N) is 3. The molecule has 3 aromatic rings. The highest BCUT2D eigenvalue weighted by atomic mass is 19.3. The van der Waals surface area contributed by atoms with E-state index in [-0.39, 0.29) is 41.2 Å². The molecule has 150 valence electrons. The molecule has 0 saturated heterocycles. The van der Waals surface area contributed by atoms with Gasteiger partial charge in [-0.3, -0.25) is 9.59 Å². The Labute approximate surface area is 163 Å². The second-order valence-electron chi connectivity index (χ2n) is 6.69. The Kier molecular flexibility index (Phi) is 4.50. The van der Waals surface area contributed by atoms with Gasteiger partial charge in [0.25, 0.3) is 17.7 Å². The molecule has 1 aliphatic carbocycles. The van der Waals surface area contributed by atoms with Crippen molar-refractivity contribution in [3.63, 3.8) is 0 Å². The van der Waals surface area contributed by atoms with E-state index in [0.717, 1.165) is 4.52 Å². The Morgan fingerprint density at radius 1 is 1.34 bits per heavy atom. The molecule has 8 nitrogen and oxygen atoms in total. The number of primary amides is 1. The first kappa shape index (κ1) is 18.9. The van der Waals surface area contributed by atoms with E-state index < -0.39 is 23.8 Å². The average Bonchev–Trinajstić information content (AvgIpc) is 3.17. The summed E-state index contributed by atoms with van der Waals surface area (Å²) in [6.45, 7) is -0.0291. The number of rotatable bonds is 5. The molecule has 3 N–H and O–H groups in total. The molecule has 1 aromatic carbocycles. The Morgan fingerprint density at radius 2 is 2.10 bits per heavy atom. The van der Waals surface area contributed by atoms with Gasteiger partial charge in [-0.1, -0.05) is 24.3 Å². The summed E-state index contributed by atoms with van der Waals surface area (Å²) in [7, 11) is 1.41. The van der Waals surface area contributed by atoms with Crippen LogP contribution in [0.5, 0.6) is 0 Å². The van der Waals surface area contributed by atoms with Crippen LogP contribution in [0.25, 0.3) is 5.65 Å². The number of alkyl halides is 2. The third-order valence-corrected chi connectivity index (χ3v) is 4.89. The van der Waals surface area contributed by atoms with E-state index in [1.54, 1.807) is 12.1 Å².